The molecule has 1 aromatic heterocycles. The third-order valence-corrected chi connectivity index (χ3v) is 5.02. The van der Waals surface area contributed by atoms with Crippen LogP contribution in [-0.2, 0) is 5.75 Å². The van der Waals surface area contributed by atoms with Gasteiger partial charge in [0.1, 0.15) is 5.75 Å². The molecule has 28 heavy (non-hydrogen) atoms. The van der Waals surface area contributed by atoms with Gasteiger partial charge in [0.05, 0.1) is 17.8 Å². The summed E-state index contributed by atoms with van der Waals surface area (Å²) in [5.74, 6) is 1.08. The number of rotatable bonds is 7. The fraction of sp³-hybridized carbons (Fsp3) is 0.190. The minimum atomic E-state index is -0.381. The van der Waals surface area contributed by atoms with E-state index < -0.39 is 0 Å². The molecular formula is C21H20ClN3O2S. The fourth-order valence-corrected chi connectivity index (χ4v) is 3.46. The second kappa shape index (κ2) is 9.57. The number of aryl methyl sites for hydroxylation is 1. The predicted octanol–water partition coefficient (Wildman–Crippen LogP) is 5.38. The molecule has 0 bridgehead atoms. The van der Waals surface area contributed by atoms with E-state index in [1.54, 1.807) is 24.3 Å². The van der Waals surface area contributed by atoms with Crippen LogP contribution in [0.4, 0.5) is 5.69 Å². The van der Waals surface area contributed by atoms with E-state index in [9.17, 15) is 4.79 Å². The zero-order chi connectivity index (χ0) is 19.9. The van der Waals surface area contributed by atoms with Gasteiger partial charge in [-0.1, -0.05) is 53.2 Å². The minimum absolute atomic E-state index is 0.150. The van der Waals surface area contributed by atoms with Crippen LogP contribution in [0.3, 0.4) is 0 Å². The maximum absolute atomic E-state index is 12.6. The summed E-state index contributed by atoms with van der Waals surface area (Å²) in [5.41, 5.74) is 3.16. The highest BCUT2D eigenvalue weighted by Gasteiger charge is 2.15. The van der Waals surface area contributed by atoms with Gasteiger partial charge in [0, 0.05) is 11.4 Å². The standard InChI is InChI=1S/C21H20ClN3O2S/c1-3-27-17-9-7-16(8-10-17)24-20(26)19-18(22)12-23-21(25-19)28-13-15-6-4-5-14(2)11-15/h4-12H,3,13H2,1-2H3,(H,24,26). The van der Waals surface area contributed by atoms with Crippen LogP contribution in [0.25, 0.3) is 0 Å². The number of thioether (sulfide) groups is 1. The van der Waals surface area contributed by atoms with Crippen LogP contribution in [0.2, 0.25) is 5.02 Å². The molecular weight excluding hydrogens is 394 g/mol. The number of anilines is 1. The number of hydrogen-bond donors (Lipinski definition) is 1. The topological polar surface area (TPSA) is 64.1 Å². The van der Waals surface area contributed by atoms with Crippen LogP contribution in [0, 0.1) is 6.92 Å². The van der Waals surface area contributed by atoms with E-state index in [1.807, 2.05) is 13.0 Å². The lowest BCUT2D eigenvalue weighted by Gasteiger charge is -2.09. The van der Waals surface area contributed by atoms with E-state index in [0.717, 1.165) is 5.75 Å². The average Bonchev–Trinajstić information content (AvgIpc) is 2.69. The maximum Gasteiger partial charge on any atom is 0.275 e. The Hall–Kier alpha value is -2.57. The molecule has 0 saturated heterocycles. The van der Waals surface area contributed by atoms with Gasteiger partial charge in [-0.3, -0.25) is 4.79 Å². The molecule has 0 spiro atoms. The van der Waals surface area contributed by atoms with Gasteiger partial charge < -0.3 is 10.1 Å². The monoisotopic (exact) mass is 413 g/mol. The normalized spacial score (nSPS) is 10.5. The molecule has 0 atom stereocenters. The second-order valence-corrected chi connectivity index (χ2v) is 7.39. The third-order valence-electron chi connectivity index (χ3n) is 3.81. The van der Waals surface area contributed by atoms with Crippen molar-refractivity contribution >= 4 is 35.0 Å². The summed E-state index contributed by atoms with van der Waals surface area (Å²) in [6, 6.07) is 15.4. The highest BCUT2D eigenvalue weighted by atomic mass is 35.5. The van der Waals surface area contributed by atoms with Gasteiger partial charge in [-0.25, -0.2) is 9.97 Å². The van der Waals surface area contributed by atoms with Gasteiger partial charge in [-0.15, -0.1) is 0 Å². The maximum atomic E-state index is 12.6. The Labute approximate surface area is 173 Å². The first-order valence-corrected chi connectivity index (χ1v) is 10.2. The molecule has 144 valence electrons. The van der Waals surface area contributed by atoms with Gasteiger partial charge in [-0.2, -0.15) is 0 Å². The summed E-state index contributed by atoms with van der Waals surface area (Å²) in [5, 5.41) is 3.51. The SMILES string of the molecule is CCOc1ccc(NC(=O)c2nc(SCc3cccc(C)c3)ncc2Cl)cc1. The van der Waals surface area contributed by atoms with Gasteiger partial charge in [0.15, 0.2) is 10.9 Å². The van der Waals surface area contributed by atoms with E-state index in [-0.39, 0.29) is 16.6 Å². The van der Waals surface area contributed by atoms with E-state index in [4.69, 9.17) is 16.3 Å². The van der Waals surface area contributed by atoms with Gasteiger partial charge in [-0.05, 0) is 43.7 Å². The summed E-state index contributed by atoms with van der Waals surface area (Å²) in [4.78, 5) is 21.1. The number of carbonyl (C=O) groups excluding carboxylic acids is 1. The van der Waals surface area contributed by atoms with E-state index in [2.05, 4.69) is 40.4 Å². The highest BCUT2D eigenvalue weighted by Crippen LogP contribution is 2.23. The molecule has 0 saturated carbocycles. The summed E-state index contributed by atoms with van der Waals surface area (Å²) in [6.07, 6.45) is 1.46. The number of nitrogens with one attached hydrogen (secondary N) is 1. The molecule has 7 heteroatoms. The van der Waals surface area contributed by atoms with Crippen molar-refractivity contribution in [3.8, 4) is 5.75 Å². The average molecular weight is 414 g/mol. The van der Waals surface area contributed by atoms with Crippen molar-refractivity contribution in [3.05, 3.63) is 76.6 Å². The molecule has 0 aliphatic heterocycles. The van der Waals surface area contributed by atoms with Crippen LogP contribution in [-0.4, -0.2) is 22.5 Å². The Balaban J connectivity index is 1.68. The van der Waals surface area contributed by atoms with Crippen LogP contribution < -0.4 is 10.1 Å². The quantitative estimate of drug-likeness (QED) is 0.416. The number of hydrogen-bond acceptors (Lipinski definition) is 5. The number of amides is 1. The minimum Gasteiger partial charge on any atom is -0.494 e. The lowest BCUT2D eigenvalue weighted by atomic mass is 10.2. The first-order chi connectivity index (χ1) is 13.5. The number of nitrogens with zero attached hydrogens (tertiary/aromatic N) is 2. The van der Waals surface area contributed by atoms with Crippen molar-refractivity contribution in [3.63, 3.8) is 0 Å². The molecule has 0 aliphatic rings. The lowest BCUT2D eigenvalue weighted by molar-refractivity contribution is 0.102. The number of ether oxygens (including phenoxy) is 1. The molecule has 3 rings (SSSR count). The van der Waals surface area contributed by atoms with Crippen molar-refractivity contribution in [2.24, 2.45) is 0 Å². The Bertz CT molecular complexity index is 964. The molecule has 5 nitrogen and oxygen atoms in total. The Morgan fingerprint density at radius 3 is 2.71 bits per heavy atom. The Morgan fingerprint density at radius 2 is 2.00 bits per heavy atom. The first kappa shape index (κ1) is 20.2. The second-order valence-electron chi connectivity index (χ2n) is 6.04. The summed E-state index contributed by atoms with van der Waals surface area (Å²) in [6.45, 7) is 4.56. The van der Waals surface area contributed by atoms with E-state index in [1.165, 1.54) is 29.1 Å². The zero-order valence-corrected chi connectivity index (χ0v) is 17.2. The van der Waals surface area contributed by atoms with Crippen molar-refractivity contribution < 1.29 is 9.53 Å². The Morgan fingerprint density at radius 1 is 1.21 bits per heavy atom. The lowest BCUT2D eigenvalue weighted by Crippen LogP contribution is -2.15. The van der Waals surface area contributed by atoms with Crippen LogP contribution in [0.1, 0.15) is 28.5 Å². The molecule has 3 aromatic rings. The molecule has 0 aliphatic carbocycles. The third kappa shape index (κ3) is 5.47. The molecule has 2 aromatic carbocycles. The summed E-state index contributed by atoms with van der Waals surface area (Å²) >= 11 is 7.61. The van der Waals surface area contributed by atoms with Crippen molar-refractivity contribution in [2.45, 2.75) is 24.8 Å². The van der Waals surface area contributed by atoms with Crippen LogP contribution in [0.15, 0.2) is 59.9 Å². The Kier molecular flexibility index (Phi) is 6.90. The number of aromatic nitrogens is 2. The highest BCUT2D eigenvalue weighted by molar-refractivity contribution is 7.98. The predicted molar refractivity (Wildman–Crippen MR) is 113 cm³/mol. The van der Waals surface area contributed by atoms with Crippen molar-refractivity contribution in [1.82, 2.24) is 9.97 Å². The van der Waals surface area contributed by atoms with E-state index in [0.29, 0.717) is 23.2 Å². The number of carbonyl (C=O) groups is 1. The summed E-state index contributed by atoms with van der Waals surface area (Å²) in [7, 11) is 0. The molecule has 0 fully saturated rings. The van der Waals surface area contributed by atoms with Crippen molar-refractivity contribution in [2.75, 3.05) is 11.9 Å². The molecule has 1 amide bonds. The van der Waals surface area contributed by atoms with Crippen LogP contribution in [0.5, 0.6) is 5.75 Å². The molecule has 1 heterocycles. The zero-order valence-electron chi connectivity index (χ0n) is 15.6. The number of benzene rings is 2. The van der Waals surface area contributed by atoms with Crippen molar-refractivity contribution in [1.29, 1.82) is 0 Å². The van der Waals surface area contributed by atoms with Gasteiger partial charge in [0.25, 0.3) is 5.91 Å². The van der Waals surface area contributed by atoms with E-state index >= 15 is 0 Å². The smallest absolute Gasteiger partial charge is 0.275 e. The molecule has 1 N–H and O–H groups in total. The molecule has 0 unspecified atom stereocenters. The first-order valence-electron chi connectivity index (χ1n) is 8.80. The number of halogens is 1. The largest absolute Gasteiger partial charge is 0.494 e. The molecule has 0 radical (unpaired) electrons. The van der Waals surface area contributed by atoms with Gasteiger partial charge >= 0.3 is 0 Å². The van der Waals surface area contributed by atoms with Gasteiger partial charge in [0.2, 0.25) is 0 Å². The van der Waals surface area contributed by atoms with Crippen LogP contribution >= 0.6 is 23.4 Å². The fourth-order valence-electron chi connectivity index (χ4n) is 2.52. The summed E-state index contributed by atoms with van der Waals surface area (Å²) < 4.78 is 5.40.